The van der Waals surface area contributed by atoms with Crippen molar-refractivity contribution in [3.63, 3.8) is 0 Å². The Morgan fingerprint density at radius 3 is 2.25 bits per heavy atom. The van der Waals surface area contributed by atoms with Crippen molar-refractivity contribution in [1.29, 1.82) is 0 Å². The lowest BCUT2D eigenvalue weighted by Gasteiger charge is -2.08. The van der Waals surface area contributed by atoms with Crippen LogP contribution in [0, 0.1) is 0 Å². The standard InChI is InChI=1S/C10H13N3O3.C10H9N3O3/c2*1-15-10(14)8-9(11)12-4-7(13-8)6-2-3-16-5-6/h4,6H,2-3,5H2,1H3,(H2,11,12);2-5H,1H3,(H2,11,12). The molecule has 4 N–H and O–H groups in total. The predicted molar refractivity (Wildman–Crippen MR) is 111 cm³/mol. The van der Waals surface area contributed by atoms with Gasteiger partial charge in [-0.2, -0.15) is 0 Å². The van der Waals surface area contributed by atoms with Crippen molar-refractivity contribution in [2.24, 2.45) is 0 Å². The van der Waals surface area contributed by atoms with E-state index in [0.717, 1.165) is 17.7 Å². The average Bonchev–Trinajstić information content (AvgIpc) is 3.54. The Kier molecular flexibility index (Phi) is 7.29. The summed E-state index contributed by atoms with van der Waals surface area (Å²) in [7, 11) is 2.54. The summed E-state index contributed by atoms with van der Waals surface area (Å²) in [5.74, 6) is -0.855. The van der Waals surface area contributed by atoms with E-state index in [1.54, 1.807) is 12.3 Å². The second-order valence-electron chi connectivity index (χ2n) is 6.57. The lowest BCUT2D eigenvalue weighted by Crippen LogP contribution is -2.13. The number of methoxy groups -OCH3 is 2. The molecule has 0 aliphatic carbocycles. The van der Waals surface area contributed by atoms with Gasteiger partial charge in [0.2, 0.25) is 0 Å². The van der Waals surface area contributed by atoms with Crippen LogP contribution in [0.5, 0.6) is 0 Å². The molecule has 0 radical (unpaired) electrons. The number of ether oxygens (including phenoxy) is 3. The maximum absolute atomic E-state index is 11.4. The number of rotatable bonds is 4. The largest absolute Gasteiger partial charge is 0.472 e. The van der Waals surface area contributed by atoms with E-state index in [1.807, 2.05) is 0 Å². The molecule has 4 heterocycles. The van der Waals surface area contributed by atoms with Crippen LogP contribution in [0.1, 0.15) is 39.0 Å². The smallest absolute Gasteiger partial charge is 0.360 e. The number of aromatic nitrogens is 4. The van der Waals surface area contributed by atoms with E-state index < -0.39 is 11.9 Å². The van der Waals surface area contributed by atoms with Gasteiger partial charge in [-0.15, -0.1) is 0 Å². The van der Waals surface area contributed by atoms with Crippen molar-refractivity contribution in [2.45, 2.75) is 12.3 Å². The molecule has 12 heteroatoms. The van der Waals surface area contributed by atoms with Crippen molar-refractivity contribution in [1.82, 2.24) is 19.9 Å². The highest BCUT2D eigenvalue weighted by molar-refractivity contribution is 5.92. The van der Waals surface area contributed by atoms with E-state index in [4.69, 9.17) is 20.6 Å². The molecule has 32 heavy (non-hydrogen) atoms. The van der Waals surface area contributed by atoms with E-state index in [1.165, 1.54) is 32.9 Å². The molecule has 1 aliphatic heterocycles. The summed E-state index contributed by atoms with van der Waals surface area (Å²) in [6.45, 7) is 1.32. The summed E-state index contributed by atoms with van der Waals surface area (Å²) in [6.07, 6.45) is 6.94. The van der Waals surface area contributed by atoms with Gasteiger partial charge in [-0.05, 0) is 12.5 Å². The maximum Gasteiger partial charge on any atom is 0.360 e. The van der Waals surface area contributed by atoms with E-state index in [-0.39, 0.29) is 28.9 Å². The highest BCUT2D eigenvalue weighted by atomic mass is 16.5. The molecule has 12 nitrogen and oxygen atoms in total. The number of furan rings is 1. The molecule has 0 saturated carbocycles. The predicted octanol–water partition coefficient (Wildman–Crippen LogP) is 1.45. The highest BCUT2D eigenvalue weighted by Gasteiger charge is 2.22. The van der Waals surface area contributed by atoms with E-state index >= 15 is 0 Å². The molecule has 3 aromatic rings. The zero-order chi connectivity index (χ0) is 23.1. The Morgan fingerprint density at radius 1 is 1.03 bits per heavy atom. The molecule has 3 aromatic heterocycles. The average molecular weight is 442 g/mol. The first-order valence-electron chi connectivity index (χ1n) is 9.46. The van der Waals surface area contributed by atoms with Gasteiger partial charge in [-0.1, -0.05) is 0 Å². The molecule has 0 aromatic carbocycles. The summed E-state index contributed by atoms with van der Waals surface area (Å²) >= 11 is 0. The number of nitrogens with two attached hydrogens (primary N) is 2. The molecular formula is C20H22N6O6. The van der Waals surface area contributed by atoms with Gasteiger partial charge in [0.25, 0.3) is 0 Å². The third-order valence-electron chi connectivity index (χ3n) is 4.54. The quantitative estimate of drug-likeness (QED) is 0.556. The van der Waals surface area contributed by atoms with Gasteiger partial charge in [0, 0.05) is 18.1 Å². The van der Waals surface area contributed by atoms with Crippen molar-refractivity contribution < 1.29 is 28.2 Å². The van der Waals surface area contributed by atoms with E-state index in [9.17, 15) is 9.59 Å². The first-order chi connectivity index (χ1) is 15.4. The van der Waals surface area contributed by atoms with Crippen LogP contribution < -0.4 is 11.5 Å². The van der Waals surface area contributed by atoms with Crippen molar-refractivity contribution >= 4 is 23.6 Å². The molecule has 1 fully saturated rings. The third kappa shape index (κ3) is 5.16. The van der Waals surface area contributed by atoms with Gasteiger partial charge in [0.15, 0.2) is 23.0 Å². The minimum Gasteiger partial charge on any atom is -0.472 e. The number of nitrogen functional groups attached to an aromatic ring is 2. The topological polar surface area (TPSA) is 179 Å². The molecular weight excluding hydrogens is 420 g/mol. The third-order valence-corrected chi connectivity index (χ3v) is 4.54. The highest BCUT2D eigenvalue weighted by Crippen LogP contribution is 2.24. The number of hydrogen-bond donors (Lipinski definition) is 2. The van der Waals surface area contributed by atoms with Gasteiger partial charge in [0.1, 0.15) is 0 Å². The summed E-state index contributed by atoms with van der Waals surface area (Å²) < 4.78 is 19.3. The molecule has 0 bridgehead atoms. The van der Waals surface area contributed by atoms with Gasteiger partial charge in [0.05, 0.1) is 57.1 Å². The van der Waals surface area contributed by atoms with Gasteiger partial charge < -0.3 is 30.1 Å². The number of anilines is 2. The second-order valence-corrected chi connectivity index (χ2v) is 6.57. The summed E-state index contributed by atoms with van der Waals surface area (Å²) in [5, 5.41) is 0. The fourth-order valence-corrected chi connectivity index (χ4v) is 2.82. The zero-order valence-corrected chi connectivity index (χ0v) is 17.5. The van der Waals surface area contributed by atoms with Crippen LogP contribution in [0.2, 0.25) is 0 Å². The molecule has 1 atom stereocenters. The van der Waals surface area contributed by atoms with Crippen LogP contribution in [0.25, 0.3) is 11.3 Å². The molecule has 0 amide bonds. The summed E-state index contributed by atoms with van der Waals surface area (Å²) in [5.41, 5.74) is 13.1. The van der Waals surface area contributed by atoms with Gasteiger partial charge in [-0.25, -0.2) is 29.5 Å². The lowest BCUT2D eigenvalue weighted by molar-refractivity contribution is 0.0586. The van der Waals surface area contributed by atoms with Gasteiger partial charge in [-0.3, -0.25) is 0 Å². The first kappa shape index (κ1) is 22.6. The Morgan fingerprint density at radius 2 is 1.69 bits per heavy atom. The summed E-state index contributed by atoms with van der Waals surface area (Å²) in [6, 6.07) is 1.71. The summed E-state index contributed by atoms with van der Waals surface area (Å²) in [4.78, 5) is 38.8. The Balaban J connectivity index is 0.000000181. The van der Waals surface area contributed by atoms with Crippen molar-refractivity contribution in [3.05, 3.63) is 48.1 Å². The second kappa shape index (κ2) is 10.3. The molecule has 4 rings (SSSR count). The first-order valence-corrected chi connectivity index (χ1v) is 9.46. The molecule has 1 unspecified atom stereocenters. The van der Waals surface area contributed by atoms with E-state index in [2.05, 4.69) is 29.4 Å². The maximum atomic E-state index is 11.4. The lowest BCUT2D eigenvalue weighted by atomic mass is 10.1. The zero-order valence-electron chi connectivity index (χ0n) is 17.5. The number of esters is 2. The molecule has 1 aliphatic rings. The minimum absolute atomic E-state index is 0.00111. The van der Waals surface area contributed by atoms with Crippen LogP contribution in [0.4, 0.5) is 11.6 Å². The van der Waals surface area contributed by atoms with E-state index in [0.29, 0.717) is 18.9 Å². The number of carbonyl (C=O) groups excluding carboxylic acids is 2. The Labute approximate surface area is 182 Å². The van der Waals surface area contributed by atoms with Crippen LogP contribution in [0.3, 0.4) is 0 Å². The van der Waals surface area contributed by atoms with Crippen LogP contribution in [-0.4, -0.2) is 59.3 Å². The monoisotopic (exact) mass is 442 g/mol. The Bertz CT molecular complexity index is 1080. The normalized spacial score (nSPS) is 14.9. The minimum atomic E-state index is -0.615. The molecule has 0 spiro atoms. The molecule has 1 saturated heterocycles. The fourth-order valence-electron chi connectivity index (χ4n) is 2.82. The van der Waals surface area contributed by atoms with Crippen molar-refractivity contribution in [3.8, 4) is 11.3 Å². The van der Waals surface area contributed by atoms with Crippen molar-refractivity contribution in [2.75, 3.05) is 38.9 Å². The number of carbonyl (C=O) groups is 2. The SMILES string of the molecule is COC(=O)c1nc(-c2ccoc2)cnc1N.COC(=O)c1nc(C2CCOC2)cnc1N. The van der Waals surface area contributed by atoms with Crippen LogP contribution in [-0.2, 0) is 14.2 Å². The number of nitrogens with zero attached hydrogens (tertiary/aromatic N) is 4. The number of hydrogen-bond acceptors (Lipinski definition) is 12. The Hall–Kier alpha value is -4.06. The van der Waals surface area contributed by atoms with Crippen LogP contribution >= 0.6 is 0 Å². The van der Waals surface area contributed by atoms with Gasteiger partial charge >= 0.3 is 11.9 Å². The van der Waals surface area contributed by atoms with Crippen LogP contribution in [0.15, 0.2) is 35.4 Å². The fraction of sp³-hybridized carbons (Fsp3) is 0.300. The molecule has 168 valence electrons.